The van der Waals surface area contributed by atoms with Crippen LogP contribution in [0.5, 0.6) is 0 Å². The highest BCUT2D eigenvalue weighted by molar-refractivity contribution is 8.00. The first-order valence-corrected chi connectivity index (χ1v) is 9.12. The van der Waals surface area contributed by atoms with Crippen LogP contribution in [0.1, 0.15) is 0 Å². The van der Waals surface area contributed by atoms with E-state index < -0.39 is 20.5 Å². The van der Waals surface area contributed by atoms with Crippen molar-refractivity contribution in [2.45, 2.75) is 15.5 Å². The van der Waals surface area contributed by atoms with Crippen LogP contribution in [0, 0.1) is 5.82 Å². The van der Waals surface area contributed by atoms with Gasteiger partial charge in [0.2, 0.25) is 15.7 Å². The number of hydrogen-bond acceptors (Lipinski definition) is 4. The van der Waals surface area contributed by atoms with Crippen LogP contribution in [0.3, 0.4) is 0 Å². The van der Waals surface area contributed by atoms with Crippen molar-refractivity contribution >= 4 is 33.2 Å². The van der Waals surface area contributed by atoms with Gasteiger partial charge in [0.1, 0.15) is 5.82 Å². The van der Waals surface area contributed by atoms with Gasteiger partial charge >= 0.3 is 5.76 Å². The number of carbonyl (C=O) groups excluding carboxylic acids is 1. The van der Waals surface area contributed by atoms with E-state index in [-0.39, 0.29) is 23.2 Å². The smallest absolute Gasteiger partial charge is 0.325 e. The molecule has 2 aromatic carbocycles. The fraction of sp³-hybridized carbons (Fsp3) is 0.133. The highest BCUT2D eigenvalue weighted by atomic mass is 32.2. The third-order valence-corrected chi connectivity index (χ3v) is 5.30. The summed E-state index contributed by atoms with van der Waals surface area (Å²) in [5.74, 6) is -4.18. The third kappa shape index (κ3) is 4.75. The van der Waals surface area contributed by atoms with Crippen LogP contribution in [0.15, 0.2) is 58.3 Å². The molecule has 0 bridgehead atoms. The quantitative estimate of drug-likeness (QED) is 0.785. The lowest BCUT2D eigenvalue weighted by atomic mass is 10.3. The SMILES string of the molecule is O=C(CSc1ccc(F)cc1)Nc1ccc(S(=O)(=O)C(F)F)cc1. The Morgan fingerprint density at radius 2 is 1.62 bits per heavy atom. The number of benzene rings is 2. The first kappa shape index (κ1) is 18.3. The Morgan fingerprint density at radius 3 is 2.17 bits per heavy atom. The summed E-state index contributed by atoms with van der Waals surface area (Å²) in [4.78, 5) is 12.0. The molecule has 0 heterocycles. The molecule has 0 aliphatic heterocycles. The zero-order valence-electron chi connectivity index (χ0n) is 12.1. The minimum atomic E-state index is -4.65. The van der Waals surface area contributed by atoms with Crippen molar-refractivity contribution in [1.82, 2.24) is 0 Å². The van der Waals surface area contributed by atoms with E-state index in [0.29, 0.717) is 4.90 Å². The molecule has 0 aliphatic carbocycles. The fourth-order valence-corrected chi connectivity index (χ4v) is 3.13. The van der Waals surface area contributed by atoms with Crippen molar-refractivity contribution in [2.24, 2.45) is 0 Å². The van der Waals surface area contributed by atoms with E-state index in [0.717, 1.165) is 12.1 Å². The Bertz CT molecular complexity index is 807. The monoisotopic (exact) mass is 375 g/mol. The lowest BCUT2D eigenvalue weighted by molar-refractivity contribution is -0.113. The topological polar surface area (TPSA) is 63.2 Å². The predicted octanol–water partition coefficient (Wildman–Crippen LogP) is 3.55. The molecular formula is C15H12F3NO3S2. The van der Waals surface area contributed by atoms with Gasteiger partial charge < -0.3 is 5.32 Å². The number of nitrogens with one attached hydrogen (secondary N) is 1. The third-order valence-electron chi connectivity index (χ3n) is 2.88. The second-order valence-electron chi connectivity index (χ2n) is 4.62. The van der Waals surface area contributed by atoms with E-state index in [4.69, 9.17) is 0 Å². The van der Waals surface area contributed by atoms with Crippen molar-refractivity contribution in [3.63, 3.8) is 0 Å². The molecule has 0 atom stereocenters. The molecule has 0 unspecified atom stereocenters. The summed E-state index contributed by atoms with van der Waals surface area (Å²) >= 11 is 1.19. The number of thioether (sulfide) groups is 1. The number of halogens is 3. The molecule has 0 aliphatic rings. The van der Waals surface area contributed by atoms with Crippen LogP contribution in [-0.2, 0) is 14.6 Å². The molecule has 0 fully saturated rings. The highest BCUT2D eigenvalue weighted by Gasteiger charge is 2.26. The molecule has 0 aromatic heterocycles. The van der Waals surface area contributed by atoms with Crippen molar-refractivity contribution < 1.29 is 26.4 Å². The molecule has 24 heavy (non-hydrogen) atoms. The number of hydrogen-bond donors (Lipinski definition) is 1. The Labute approximate surface area is 141 Å². The summed E-state index contributed by atoms with van der Waals surface area (Å²) < 4.78 is 60.1. The summed E-state index contributed by atoms with van der Waals surface area (Å²) in [6.07, 6.45) is 0. The summed E-state index contributed by atoms with van der Waals surface area (Å²) in [6, 6.07) is 10.1. The van der Waals surface area contributed by atoms with Gasteiger partial charge in [-0.2, -0.15) is 8.78 Å². The zero-order valence-corrected chi connectivity index (χ0v) is 13.7. The molecule has 128 valence electrons. The summed E-state index contributed by atoms with van der Waals surface area (Å²) in [5, 5.41) is 2.52. The highest BCUT2D eigenvalue weighted by Crippen LogP contribution is 2.21. The van der Waals surface area contributed by atoms with E-state index in [1.165, 1.54) is 48.2 Å². The second kappa shape index (κ2) is 7.71. The van der Waals surface area contributed by atoms with Crippen LogP contribution < -0.4 is 5.32 Å². The fourth-order valence-electron chi connectivity index (χ4n) is 1.71. The number of alkyl halides is 2. The normalized spacial score (nSPS) is 11.5. The molecule has 0 saturated carbocycles. The molecule has 2 rings (SSSR count). The van der Waals surface area contributed by atoms with Gasteiger partial charge in [-0.15, -0.1) is 11.8 Å². The van der Waals surface area contributed by atoms with Gasteiger partial charge in [0.15, 0.2) is 0 Å². The van der Waals surface area contributed by atoms with E-state index in [1.54, 1.807) is 0 Å². The summed E-state index contributed by atoms with van der Waals surface area (Å²) in [7, 11) is -4.65. The van der Waals surface area contributed by atoms with Crippen LogP contribution >= 0.6 is 11.8 Å². The Hall–Kier alpha value is -2.00. The number of amides is 1. The van der Waals surface area contributed by atoms with Gasteiger partial charge in [0.25, 0.3) is 0 Å². The van der Waals surface area contributed by atoms with Crippen molar-refractivity contribution in [3.05, 3.63) is 54.3 Å². The van der Waals surface area contributed by atoms with E-state index in [9.17, 15) is 26.4 Å². The number of carbonyl (C=O) groups is 1. The van der Waals surface area contributed by atoms with Crippen LogP contribution in [0.25, 0.3) is 0 Å². The largest absolute Gasteiger partial charge is 0.341 e. The Morgan fingerprint density at radius 1 is 1.04 bits per heavy atom. The summed E-state index contributed by atoms with van der Waals surface area (Å²) in [5.41, 5.74) is 0.285. The summed E-state index contributed by atoms with van der Waals surface area (Å²) in [6.45, 7) is 0. The number of rotatable bonds is 6. The first-order valence-electron chi connectivity index (χ1n) is 6.59. The maximum atomic E-state index is 12.8. The minimum Gasteiger partial charge on any atom is -0.325 e. The molecule has 9 heteroatoms. The van der Waals surface area contributed by atoms with Crippen molar-refractivity contribution in [2.75, 3.05) is 11.1 Å². The first-order chi connectivity index (χ1) is 11.3. The molecule has 0 saturated heterocycles. The van der Waals surface area contributed by atoms with Gasteiger partial charge in [0, 0.05) is 10.6 Å². The maximum absolute atomic E-state index is 12.8. The second-order valence-corrected chi connectivity index (χ2v) is 7.59. The van der Waals surface area contributed by atoms with Crippen molar-refractivity contribution in [1.29, 1.82) is 0 Å². The van der Waals surface area contributed by atoms with E-state index in [1.807, 2.05) is 0 Å². The molecule has 1 amide bonds. The standard InChI is InChI=1S/C15H12F3NO3S2/c16-10-1-5-12(6-2-10)23-9-14(20)19-11-3-7-13(8-4-11)24(21,22)15(17)18/h1-8,15H,9H2,(H,19,20). The molecule has 4 nitrogen and oxygen atoms in total. The molecular weight excluding hydrogens is 363 g/mol. The van der Waals surface area contributed by atoms with Crippen molar-refractivity contribution in [3.8, 4) is 0 Å². The average molecular weight is 375 g/mol. The van der Waals surface area contributed by atoms with E-state index >= 15 is 0 Å². The number of sulfone groups is 1. The average Bonchev–Trinajstić information content (AvgIpc) is 2.54. The van der Waals surface area contributed by atoms with E-state index in [2.05, 4.69) is 5.32 Å². The van der Waals surface area contributed by atoms with Gasteiger partial charge in [-0.25, -0.2) is 12.8 Å². The minimum absolute atomic E-state index is 0.0583. The van der Waals surface area contributed by atoms with Crippen LogP contribution in [0.4, 0.5) is 18.9 Å². The molecule has 2 aromatic rings. The van der Waals surface area contributed by atoms with Crippen LogP contribution in [-0.4, -0.2) is 25.8 Å². The lowest BCUT2D eigenvalue weighted by Gasteiger charge is -2.07. The number of anilines is 1. The molecule has 1 N–H and O–H groups in total. The van der Waals surface area contributed by atoms with Gasteiger partial charge in [-0.05, 0) is 48.5 Å². The Kier molecular flexibility index (Phi) is 5.89. The van der Waals surface area contributed by atoms with Gasteiger partial charge in [0.05, 0.1) is 10.6 Å². The maximum Gasteiger partial charge on any atom is 0.341 e. The van der Waals surface area contributed by atoms with Gasteiger partial charge in [-0.1, -0.05) is 0 Å². The lowest BCUT2D eigenvalue weighted by Crippen LogP contribution is -2.14. The zero-order chi connectivity index (χ0) is 17.7. The Balaban J connectivity index is 1.93. The molecule has 0 spiro atoms. The predicted molar refractivity (Wildman–Crippen MR) is 85.4 cm³/mol. The molecule has 0 radical (unpaired) electrons. The van der Waals surface area contributed by atoms with Gasteiger partial charge in [-0.3, -0.25) is 4.79 Å². The van der Waals surface area contributed by atoms with Crippen LogP contribution in [0.2, 0.25) is 0 Å².